The van der Waals surface area contributed by atoms with Crippen LogP contribution in [-0.4, -0.2) is 22.6 Å². The summed E-state index contributed by atoms with van der Waals surface area (Å²) >= 11 is 3.56. The quantitative estimate of drug-likeness (QED) is 0.793. The summed E-state index contributed by atoms with van der Waals surface area (Å²) in [6.45, 7) is 1.16. The zero-order valence-corrected chi connectivity index (χ0v) is 10.9. The molecule has 3 nitrogen and oxygen atoms in total. The van der Waals surface area contributed by atoms with Gasteiger partial charge in [0, 0.05) is 18.8 Å². The van der Waals surface area contributed by atoms with Crippen molar-refractivity contribution in [1.82, 2.24) is 9.97 Å². The largest absolute Gasteiger partial charge is 0.352 e. The molecular formula is C12H16BrN3. The Bertz CT molecular complexity index is 382. The van der Waals surface area contributed by atoms with E-state index in [1.165, 1.54) is 32.1 Å². The van der Waals surface area contributed by atoms with Crippen molar-refractivity contribution in [2.24, 2.45) is 5.92 Å². The summed E-state index contributed by atoms with van der Waals surface area (Å²) in [6, 6.07) is 0.722. The van der Waals surface area contributed by atoms with Crippen molar-refractivity contribution in [3.63, 3.8) is 0 Å². The highest BCUT2D eigenvalue weighted by Gasteiger charge is 2.36. The Balaban J connectivity index is 1.88. The molecule has 1 aliphatic heterocycles. The molecule has 0 aromatic carbocycles. The maximum absolute atomic E-state index is 4.42. The Hall–Kier alpha value is -0.640. The maximum atomic E-state index is 4.42. The van der Waals surface area contributed by atoms with Gasteiger partial charge in [0.2, 0.25) is 0 Å². The van der Waals surface area contributed by atoms with E-state index >= 15 is 0 Å². The lowest BCUT2D eigenvalue weighted by Crippen LogP contribution is -2.35. The van der Waals surface area contributed by atoms with E-state index < -0.39 is 0 Å². The highest BCUT2D eigenvalue weighted by atomic mass is 79.9. The number of rotatable bonds is 1. The van der Waals surface area contributed by atoms with E-state index in [0.717, 1.165) is 28.8 Å². The fourth-order valence-electron chi connectivity index (χ4n) is 3.19. The first-order valence-electron chi connectivity index (χ1n) is 6.08. The minimum atomic E-state index is 0.722. The van der Waals surface area contributed by atoms with Gasteiger partial charge in [0.25, 0.3) is 0 Å². The third-order valence-corrected chi connectivity index (χ3v) is 4.49. The third kappa shape index (κ3) is 1.73. The summed E-state index contributed by atoms with van der Waals surface area (Å²) in [5.41, 5.74) is 0. The minimum absolute atomic E-state index is 0.722. The smallest absolute Gasteiger partial charge is 0.146 e. The van der Waals surface area contributed by atoms with Crippen LogP contribution in [0.15, 0.2) is 17.0 Å². The lowest BCUT2D eigenvalue weighted by atomic mass is 9.85. The standard InChI is InChI=1S/C12H16BrN3/c13-10-7-14-8-15-12(10)16-6-5-9-3-1-2-4-11(9)16/h7-9,11H,1-6H2. The number of hydrogen-bond acceptors (Lipinski definition) is 3. The second-order valence-corrected chi connectivity index (χ2v) is 5.64. The fourth-order valence-corrected chi connectivity index (χ4v) is 3.63. The lowest BCUT2D eigenvalue weighted by Gasteiger charge is -2.32. The van der Waals surface area contributed by atoms with Gasteiger partial charge in [0.15, 0.2) is 0 Å². The first kappa shape index (κ1) is 10.5. The van der Waals surface area contributed by atoms with Gasteiger partial charge in [-0.1, -0.05) is 12.8 Å². The Morgan fingerprint density at radius 2 is 2.12 bits per heavy atom. The molecule has 2 fully saturated rings. The van der Waals surface area contributed by atoms with Gasteiger partial charge in [-0.2, -0.15) is 0 Å². The third-order valence-electron chi connectivity index (χ3n) is 3.93. The van der Waals surface area contributed by atoms with Gasteiger partial charge in [0.05, 0.1) is 4.47 Å². The van der Waals surface area contributed by atoms with Crippen molar-refractivity contribution in [2.45, 2.75) is 38.1 Å². The molecular weight excluding hydrogens is 266 g/mol. The van der Waals surface area contributed by atoms with Gasteiger partial charge in [-0.25, -0.2) is 9.97 Å². The molecule has 0 amide bonds. The summed E-state index contributed by atoms with van der Waals surface area (Å²) in [5.74, 6) is 1.99. The summed E-state index contributed by atoms with van der Waals surface area (Å²) in [7, 11) is 0. The fraction of sp³-hybridized carbons (Fsp3) is 0.667. The van der Waals surface area contributed by atoms with E-state index in [0.29, 0.717) is 0 Å². The molecule has 1 aromatic heterocycles. The number of anilines is 1. The van der Waals surface area contributed by atoms with Gasteiger partial charge in [-0.15, -0.1) is 0 Å². The Kier molecular flexibility index (Phi) is 2.84. The summed E-state index contributed by atoms with van der Waals surface area (Å²) in [6.07, 6.45) is 10.4. The van der Waals surface area contributed by atoms with E-state index in [-0.39, 0.29) is 0 Å². The monoisotopic (exact) mass is 281 g/mol. The number of fused-ring (bicyclic) bond motifs is 1. The van der Waals surface area contributed by atoms with E-state index in [1.807, 2.05) is 6.20 Å². The van der Waals surface area contributed by atoms with Gasteiger partial charge in [0.1, 0.15) is 12.1 Å². The molecule has 1 saturated heterocycles. The zero-order chi connectivity index (χ0) is 11.0. The normalized spacial score (nSPS) is 29.2. The van der Waals surface area contributed by atoms with Crippen LogP contribution in [0, 0.1) is 5.92 Å². The van der Waals surface area contributed by atoms with Gasteiger partial charge in [-0.3, -0.25) is 0 Å². The molecule has 0 N–H and O–H groups in total. The average molecular weight is 282 g/mol. The molecule has 16 heavy (non-hydrogen) atoms. The number of nitrogens with zero attached hydrogens (tertiary/aromatic N) is 3. The number of hydrogen-bond donors (Lipinski definition) is 0. The number of aromatic nitrogens is 2. The van der Waals surface area contributed by atoms with E-state index in [2.05, 4.69) is 30.8 Å². The van der Waals surface area contributed by atoms with Crippen molar-refractivity contribution in [3.8, 4) is 0 Å². The van der Waals surface area contributed by atoms with Gasteiger partial charge < -0.3 is 4.90 Å². The second kappa shape index (κ2) is 4.32. The van der Waals surface area contributed by atoms with E-state index in [1.54, 1.807) is 6.33 Å². The minimum Gasteiger partial charge on any atom is -0.352 e. The van der Waals surface area contributed by atoms with Crippen LogP contribution in [0.4, 0.5) is 5.82 Å². The van der Waals surface area contributed by atoms with Crippen molar-refractivity contribution >= 4 is 21.7 Å². The van der Waals surface area contributed by atoms with E-state index in [9.17, 15) is 0 Å². The van der Waals surface area contributed by atoms with Crippen LogP contribution in [0.3, 0.4) is 0 Å². The Morgan fingerprint density at radius 1 is 1.25 bits per heavy atom. The molecule has 2 heterocycles. The molecule has 2 unspecified atom stereocenters. The van der Waals surface area contributed by atoms with Gasteiger partial charge >= 0.3 is 0 Å². The zero-order valence-electron chi connectivity index (χ0n) is 9.27. The van der Waals surface area contributed by atoms with Crippen LogP contribution in [0.1, 0.15) is 32.1 Å². The summed E-state index contributed by atoms with van der Waals surface area (Å²) < 4.78 is 1.03. The van der Waals surface area contributed by atoms with Crippen LogP contribution in [0.2, 0.25) is 0 Å². The highest BCUT2D eigenvalue weighted by Crippen LogP contribution is 2.39. The van der Waals surface area contributed by atoms with Crippen molar-refractivity contribution < 1.29 is 0 Å². The molecule has 0 bridgehead atoms. The second-order valence-electron chi connectivity index (χ2n) is 4.79. The van der Waals surface area contributed by atoms with Crippen molar-refractivity contribution in [2.75, 3.05) is 11.4 Å². The molecule has 2 atom stereocenters. The van der Waals surface area contributed by atoms with Crippen LogP contribution in [0.5, 0.6) is 0 Å². The van der Waals surface area contributed by atoms with Crippen LogP contribution >= 0.6 is 15.9 Å². The molecule has 86 valence electrons. The SMILES string of the molecule is Brc1cncnc1N1CCC2CCCCC21. The molecule has 4 heteroatoms. The molecule has 0 spiro atoms. The highest BCUT2D eigenvalue weighted by molar-refractivity contribution is 9.10. The Morgan fingerprint density at radius 3 is 3.00 bits per heavy atom. The molecule has 1 aliphatic carbocycles. The topological polar surface area (TPSA) is 29.0 Å². The maximum Gasteiger partial charge on any atom is 0.146 e. The predicted octanol–water partition coefficient (Wildman–Crippen LogP) is 3.01. The first-order valence-corrected chi connectivity index (χ1v) is 6.87. The lowest BCUT2D eigenvalue weighted by molar-refractivity contribution is 0.341. The molecule has 3 rings (SSSR count). The number of halogens is 1. The molecule has 1 aromatic rings. The molecule has 0 radical (unpaired) electrons. The Labute approximate surface area is 104 Å². The van der Waals surface area contributed by atoms with E-state index in [4.69, 9.17) is 0 Å². The molecule has 2 aliphatic rings. The van der Waals surface area contributed by atoms with Crippen molar-refractivity contribution in [1.29, 1.82) is 0 Å². The molecule has 1 saturated carbocycles. The first-order chi connectivity index (χ1) is 7.86. The van der Waals surface area contributed by atoms with Crippen molar-refractivity contribution in [3.05, 3.63) is 17.0 Å². The summed E-state index contributed by atoms with van der Waals surface area (Å²) in [4.78, 5) is 10.9. The predicted molar refractivity (Wildman–Crippen MR) is 67.4 cm³/mol. The van der Waals surface area contributed by atoms with Crippen LogP contribution < -0.4 is 4.90 Å². The van der Waals surface area contributed by atoms with Gasteiger partial charge in [-0.05, 0) is 41.1 Å². The van der Waals surface area contributed by atoms with Crippen LogP contribution in [-0.2, 0) is 0 Å². The average Bonchev–Trinajstić information content (AvgIpc) is 2.74. The summed E-state index contributed by atoms with van der Waals surface area (Å²) in [5, 5.41) is 0. The van der Waals surface area contributed by atoms with Crippen LogP contribution in [0.25, 0.3) is 0 Å².